The predicted octanol–water partition coefficient (Wildman–Crippen LogP) is 2.93. The third kappa shape index (κ3) is 2.64. The second-order valence-electron chi connectivity index (χ2n) is 5.13. The topological polar surface area (TPSA) is 77.4 Å². The number of allylic oxidation sites excluding steroid dienone is 2. The lowest BCUT2D eigenvalue weighted by atomic mass is 10.2. The number of anilines is 1. The van der Waals surface area contributed by atoms with E-state index in [0.29, 0.717) is 12.5 Å². The van der Waals surface area contributed by atoms with Crippen molar-refractivity contribution in [3.8, 4) is 6.07 Å². The first-order valence-corrected chi connectivity index (χ1v) is 7.01. The van der Waals surface area contributed by atoms with Crippen molar-refractivity contribution in [2.24, 2.45) is 0 Å². The SMILES string of the molecule is N#CC=CCc1c[nH]c2ncc(NC3CCCC3)nc12. The van der Waals surface area contributed by atoms with Crippen LogP contribution in [0.25, 0.3) is 11.2 Å². The summed E-state index contributed by atoms with van der Waals surface area (Å²) in [5.74, 6) is 0.842. The number of nitrogens with zero attached hydrogens (tertiary/aromatic N) is 3. The van der Waals surface area contributed by atoms with E-state index in [4.69, 9.17) is 5.26 Å². The van der Waals surface area contributed by atoms with Crippen LogP contribution >= 0.6 is 0 Å². The number of rotatable bonds is 4. The molecule has 0 unspecified atom stereocenters. The Kier molecular flexibility index (Phi) is 3.64. The summed E-state index contributed by atoms with van der Waals surface area (Å²) in [5.41, 5.74) is 2.74. The van der Waals surface area contributed by atoms with Crippen LogP contribution in [0.1, 0.15) is 31.2 Å². The standard InChI is InChI=1S/C15H17N5/c16-8-4-3-5-11-9-17-15-14(11)20-13(10-18-15)19-12-6-1-2-7-12/h3-4,9-10,12H,1-2,5-7H2,(H,17,18)(H,19,20). The second-order valence-corrected chi connectivity index (χ2v) is 5.13. The smallest absolute Gasteiger partial charge is 0.156 e. The van der Waals surface area contributed by atoms with Gasteiger partial charge in [0, 0.05) is 23.9 Å². The van der Waals surface area contributed by atoms with Crippen LogP contribution in [0.3, 0.4) is 0 Å². The van der Waals surface area contributed by atoms with E-state index in [0.717, 1.165) is 22.5 Å². The fraction of sp³-hybridized carbons (Fsp3) is 0.400. The van der Waals surface area contributed by atoms with Crippen LogP contribution in [0, 0.1) is 11.3 Å². The molecule has 0 amide bonds. The molecule has 0 bridgehead atoms. The van der Waals surface area contributed by atoms with Crippen molar-refractivity contribution in [2.45, 2.75) is 38.1 Å². The molecule has 5 heteroatoms. The van der Waals surface area contributed by atoms with Gasteiger partial charge in [0.25, 0.3) is 0 Å². The third-order valence-corrected chi connectivity index (χ3v) is 3.70. The van der Waals surface area contributed by atoms with Crippen LogP contribution in [-0.2, 0) is 6.42 Å². The highest BCUT2D eigenvalue weighted by Gasteiger charge is 2.15. The summed E-state index contributed by atoms with van der Waals surface area (Å²) in [5, 5.41) is 12.0. The number of hydrogen-bond acceptors (Lipinski definition) is 4. The van der Waals surface area contributed by atoms with Crippen molar-refractivity contribution >= 4 is 17.0 Å². The first-order valence-electron chi connectivity index (χ1n) is 7.01. The van der Waals surface area contributed by atoms with E-state index in [9.17, 15) is 0 Å². The van der Waals surface area contributed by atoms with Gasteiger partial charge in [-0.2, -0.15) is 5.26 Å². The molecule has 2 N–H and O–H groups in total. The summed E-state index contributed by atoms with van der Waals surface area (Å²) in [6.45, 7) is 0. The van der Waals surface area contributed by atoms with Crippen LogP contribution in [0.15, 0.2) is 24.5 Å². The number of H-pyrrole nitrogens is 1. The molecule has 0 radical (unpaired) electrons. The Labute approximate surface area is 117 Å². The van der Waals surface area contributed by atoms with E-state index in [1.54, 1.807) is 6.20 Å². The average Bonchev–Trinajstić information content (AvgIpc) is 3.09. The molecule has 0 spiro atoms. The summed E-state index contributed by atoms with van der Waals surface area (Å²) in [4.78, 5) is 12.2. The molecule has 0 aliphatic heterocycles. The van der Waals surface area contributed by atoms with E-state index >= 15 is 0 Å². The molecule has 1 aliphatic rings. The number of aromatic nitrogens is 3. The first-order chi connectivity index (χ1) is 9.86. The Balaban J connectivity index is 1.82. The molecule has 102 valence electrons. The van der Waals surface area contributed by atoms with Gasteiger partial charge in [-0.15, -0.1) is 0 Å². The zero-order chi connectivity index (χ0) is 13.8. The number of nitrogens with one attached hydrogen (secondary N) is 2. The minimum atomic E-state index is 0.530. The molecule has 2 aromatic rings. The van der Waals surface area contributed by atoms with Gasteiger partial charge in [0.15, 0.2) is 5.65 Å². The van der Waals surface area contributed by atoms with Gasteiger partial charge in [-0.25, -0.2) is 9.97 Å². The van der Waals surface area contributed by atoms with E-state index in [-0.39, 0.29) is 0 Å². The Bertz CT molecular complexity index is 658. The van der Waals surface area contributed by atoms with Crippen LogP contribution in [0.4, 0.5) is 5.82 Å². The lowest BCUT2D eigenvalue weighted by molar-refractivity contribution is 0.750. The normalized spacial score (nSPS) is 15.9. The highest BCUT2D eigenvalue weighted by atomic mass is 15.1. The van der Waals surface area contributed by atoms with E-state index < -0.39 is 0 Å². The Morgan fingerprint density at radius 1 is 1.45 bits per heavy atom. The summed E-state index contributed by atoms with van der Waals surface area (Å²) in [7, 11) is 0. The van der Waals surface area contributed by atoms with E-state index in [2.05, 4.69) is 20.3 Å². The summed E-state index contributed by atoms with van der Waals surface area (Å²) in [6, 6.07) is 2.53. The van der Waals surface area contributed by atoms with Gasteiger partial charge in [0.1, 0.15) is 11.3 Å². The van der Waals surface area contributed by atoms with Crippen molar-refractivity contribution in [2.75, 3.05) is 5.32 Å². The molecule has 1 saturated carbocycles. The minimum absolute atomic E-state index is 0.530. The quantitative estimate of drug-likeness (QED) is 0.835. The molecule has 1 fully saturated rings. The molecule has 0 atom stereocenters. The fourth-order valence-electron chi connectivity index (χ4n) is 2.69. The maximum Gasteiger partial charge on any atom is 0.156 e. The fourth-order valence-corrected chi connectivity index (χ4v) is 2.69. The molecular formula is C15H17N5. The van der Waals surface area contributed by atoms with Crippen molar-refractivity contribution in [3.05, 3.63) is 30.1 Å². The number of nitriles is 1. The molecule has 5 nitrogen and oxygen atoms in total. The lowest BCUT2D eigenvalue weighted by Crippen LogP contribution is -2.15. The van der Waals surface area contributed by atoms with Gasteiger partial charge < -0.3 is 10.3 Å². The van der Waals surface area contributed by atoms with Gasteiger partial charge in [0.05, 0.1) is 12.3 Å². The Morgan fingerprint density at radius 2 is 2.30 bits per heavy atom. The maximum atomic E-state index is 8.53. The van der Waals surface area contributed by atoms with Crippen molar-refractivity contribution < 1.29 is 0 Å². The van der Waals surface area contributed by atoms with Gasteiger partial charge in [0.2, 0.25) is 0 Å². The zero-order valence-electron chi connectivity index (χ0n) is 11.3. The highest BCUT2D eigenvalue weighted by Crippen LogP contribution is 2.23. The van der Waals surface area contributed by atoms with Crippen molar-refractivity contribution in [1.29, 1.82) is 5.26 Å². The van der Waals surface area contributed by atoms with Crippen LogP contribution in [-0.4, -0.2) is 21.0 Å². The van der Waals surface area contributed by atoms with Gasteiger partial charge >= 0.3 is 0 Å². The molecular weight excluding hydrogens is 250 g/mol. The lowest BCUT2D eigenvalue weighted by Gasteiger charge is -2.11. The largest absolute Gasteiger partial charge is 0.366 e. The van der Waals surface area contributed by atoms with E-state index in [1.165, 1.54) is 31.8 Å². The molecule has 0 saturated heterocycles. The minimum Gasteiger partial charge on any atom is -0.366 e. The van der Waals surface area contributed by atoms with Crippen molar-refractivity contribution in [1.82, 2.24) is 15.0 Å². The van der Waals surface area contributed by atoms with Crippen LogP contribution < -0.4 is 5.32 Å². The summed E-state index contributed by atoms with van der Waals surface area (Å²) < 4.78 is 0. The van der Waals surface area contributed by atoms with Gasteiger partial charge in [-0.3, -0.25) is 0 Å². The highest BCUT2D eigenvalue weighted by molar-refractivity contribution is 5.76. The molecule has 20 heavy (non-hydrogen) atoms. The van der Waals surface area contributed by atoms with Crippen LogP contribution in [0.2, 0.25) is 0 Å². The molecule has 2 aromatic heterocycles. The number of hydrogen-bond donors (Lipinski definition) is 2. The predicted molar refractivity (Wildman–Crippen MR) is 78.2 cm³/mol. The molecule has 2 heterocycles. The molecule has 1 aliphatic carbocycles. The average molecular weight is 267 g/mol. The number of aromatic amines is 1. The maximum absolute atomic E-state index is 8.53. The number of fused-ring (bicyclic) bond motifs is 1. The zero-order valence-corrected chi connectivity index (χ0v) is 11.3. The van der Waals surface area contributed by atoms with Gasteiger partial charge in [-0.1, -0.05) is 18.9 Å². The summed E-state index contributed by atoms with van der Waals surface area (Å²) in [6.07, 6.45) is 12.7. The van der Waals surface area contributed by atoms with Gasteiger partial charge in [-0.05, 0) is 19.3 Å². The van der Waals surface area contributed by atoms with E-state index in [1.807, 2.05) is 18.3 Å². The Hall–Kier alpha value is -2.35. The van der Waals surface area contributed by atoms with Crippen LogP contribution in [0.5, 0.6) is 0 Å². The molecule has 3 rings (SSSR count). The molecule has 0 aromatic carbocycles. The monoisotopic (exact) mass is 267 g/mol. The summed E-state index contributed by atoms with van der Waals surface area (Å²) >= 11 is 0. The second kappa shape index (κ2) is 5.74. The first kappa shape index (κ1) is 12.7. The van der Waals surface area contributed by atoms with Crippen molar-refractivity contribution in [3.63, 3.8) is 0 Å². The Morgan fingerprint density at radius 3 is 3.10 bits per heavy atom. The third-order valence-electron chi connectivity index (χ3n) is 3.70.